The van der Waals surface area contributed by atoms with Crippen molar-refractivity contribution in [2.24, 2.45) is 0 Å². The fraction of sp³-hybridized carbons (Fsp3) is 0.950. The van der Waals surface area contributed by atoms with Gasteiger partial charge in [0.2, 0.25) is 10.0 Å². The number of rotatable bonds is 19. The molecule has 27 heavy (non-hydrogen) atoms. The molecule has 6 nitrogen and oxygen atoms in total. The number of hydrogen-bond acceptors (Lipinski definition) is 3. The van der Waals surface area contributed by atoms with Gasteiger partial charge in [0.25, 0.3) is 0 Å². The lowest BCUT2D eigenvalue weighted by Gasteiger charge is -2.27. The van der Waals surface area contributed by atoms with Crippen molar-refractivity contribution in [3.05, 3.63) is 0 Å². The molecule has 0 fully saturated rings. The molecular weight excluding hydrogens is 364 g/mol. The van der Waals surface area contributed by atoms with Gasteiger partial charge >= 0.3 is 5.97 Å². The van der Waals surface area contributed by atoms with Gasteiger partial charge in [0.1, 0.15) is 0 Å². The Hall–Kier alpha value is -0.660. The summed E-state index contributed by atoms with van der Waals surface area (Å²) < 4.78 is 27.0. The van der Waals surface area contributed by atoms with Crippen molar-refractivity contribution in [2.75, 3.05) is 39.5 Å². The van der Waals surface area contributed by atoms with E-state index in [1.807, 2.05) is 14.1 Å². The van der Waals surface area contributed by atoms with Crippen LogP contribution < -0.4 is 4.72 Å². The zero-order chi connectivity index (χ0) is 20.6. The van der Waals surface area contributed by atoms with Gasteiger partial charge in [0.15, 0.2) is 6.54 Å². The molecule has 0 unspecified atom stereocenters. The monoisotopic (exact) mass is 407 g/mol. The van der Waals surface area contributed by atoms with Crippen LogP contribution in [-0.4, -0.2) is 63.5 Å². The summed E-state index contributed by atoms with van der Waals surface area (Å²) in [6.07, 6.45) is 13.9. The quantitative estimate of drug-likeness (QED) is 0.252. The SMILES string of the molecule is CCCCCCCCCCCCCS(=O)(=O)NCCC[N+](C)(C)CC(=O)O. The smallest absolute Gasteiger partial charge is 0.359 e. The van der Waals surface area contributed by atoms with E-state index in [1.54, 1.807) is 0 Å². The van der Waals surface area contributed by atoms with Gasteiger partial charge in [0.05, 0.1) is 26.4 Å². The minimum Gasteiger partial charge on any atom is -0.477 e. The number of carboxylic acid groups (broad SMARTS) is 1. The third-order valence-electron chi connectivity index (χ3n) is 4.84. The van der Waals surface area contributed by atoms with Gasteiger partial charge < -0.3 is 9.59 Å². The molecule has 0 saturated heterocycles. The number of aliphatic carboxylic acids is 1. The summed E-state index contributed by atoms with van der Waals surface area (Å²) >= 11 is 0. The summed E-state index contributed by atoms with van der Waals surface area (Å²) in [5.41, 5.74) is 0. The number of sulfonamides is 1. The molecule has 0 saturated carbocycles. The second-order valence-corrected chi connectivity index (χ2v) is 10.2. The molecule has 0 radical (unpaired) electrons. The Morgan fingerprint density at radius 2 is 1.33 bits per heavy atom. The molecule has 0 heterocycles. The van der Waals surface area contributed by atoms with E-state index in [2.05, 4.69) is 11.6 Å². The van der Waals surface area contributed by atoms with Crippen LogP contribution in [0.1, 0.15) is 84.0 Å². The van der Waals surface area contributed by atoms with Crippen molar-refractivity contribution in [3.63, 3.8) is 0 Å². The van der Waals surface area contributed by atoms with E-state index < -0.39 is 16.0 Å². The first kappa shape index (κ1) is 26.3. The van der Waals surface area contributed by atoms with Crippen LogP contribution in [-0.2, 0) is 14.8 Å². The number of likely N-dealkylation sites (N-methyl/N-ethyl adjacent to an activating group) is 1. The van der Waals surface area contributed by atoms with Gasteiger partial charge in [-0.3, -0.25) is 0 Å². The first-order valence-corrected chi connectivity index (χ1v) is 12.3. The van der Waals surface area contributed by atoms with E-state index in [-0.39, 0.29) is 12.3 Å². The minimum absolute atomic E-state index is 0.0471. The molecule has 0 aliphatic heterocycles. The van der Waals surface area contributed by atoms with Crippen LogP contribution in [0.4, 0.5) is 0 Å². The summed E-state index contributed by atoms with van der Waals surface area (Å²) in [7, 11) is 0.476. The van der Waals surface area contributed by atoms with Gasteiger partial charge in [-0.25, -0.2) is 17.9 Å². The number of quaternary nitrogens is 1. The van der Waals surface area contributed by atoms with Crippen LogP contribution >= 0.6 is 0 Å². The van der Waals surface area contributed by atoms with E-state index in [4.69, 9.17) is 5.11 Å². The fourth-order valence-corrected chi connectivity index (χ4v) is 4.39. The Labute approximate surface area is 167 Å². The molecule has 0 aliphatic rings. The molecule has 0 bridgehead atoms. The maximum atomic E-state index is 12.0. The minimum atomic E-state index is -3.21. The van der Waals surface area contributed by atoms with E-state index in [0.29, 0.717) is 30.4 Å². The Balaban J connectivity index is 3.59. The number of nitrogens with zero attached hydrogens (tertiary/aromatic N) is 1. The maximum absolute atomic E-state index is 12.0. The van der Waals surface area contributed by atoms with Crippen LogP contribution in [0.5, 0.6) is 0 Å². The van der Waals surface area contributed by atoms with E-state index in [1.165, 1.54) is 51.4 Å². The van der Waals surface area contributed by atoms with E-state index in [0.717, 1.165) is 12.8 Å². The van der Waals surface area contributed by atoms with Gasteiger partial charge in [-0.15, -0.1) is 0 Å². The number of hydrogen-bond donors (Lipinski definition) is 2. The molecular formula is C20H43N2O4S+. The molecule has 0 aromatic carbocycles. The molecule has 0 aromatic rings. The van der Waals surface area contributed by atoms with E-state index >= 15 is 0 Å². The van der Waals surface area contributed by atoms with Gasteiger partial charge in [-0.1, -0.05) is 71.1 Å². The molecule has 0 aromatic heterocycles. The Bertz CT molecular complexity index is 478. The topological polar surface area (TPSA) is 83.5 Å². The zero-order valence-corrected chi connectivity index (χ0v) is 18.7. The molecule has 0 spiro atoms. The zero-order valence-electron chi connectivity index (χ0n) is 17.8. The average Bonchev–Trinajstić information content (AvgIpc) is 2.55. The van der Waals surface area contributed by atoms with Crippen molar-refractivity contribution >= 4 is 16.0 Å². The molecule has 7 heteroatoms. The molecule has 0 atom stereocenters. The largest absolute Gasteiger partial charge is 0.477 e. The van der Waals surface area contributed by atoms with Crippen LogP contribution in [0.2, 0.25) is 0 Å². The highest BCUT2D eigenvalue weighted by molar-refractivity contribution is 7.89. The van der Waals surface area contributed by atoms with Crippen LogP contribution in [0.3, 0.4) is 0 Å². The van der Waals surface area contributed by atoms with Crippen molar-refractivity contribution in [1.82, 2.24) is 4.72 Å². The average molecular weight is 408 g/mol. The van der Waals surface area contributed by atoms with Gasteiger partial charge in [-0.2, -0.15) is 0 Å². The van der Waals surface area contributed by atoms with Crippen LogP contribution in [0, 0.1) is 0 Å². The van der Waals surface area contributed by atoms with Crippen molar-refractivity contribution in [1.29, 1.82) is 0 Å². The summed E-state index contributed by atoms with van der Waals surface area (Å²) in [5, 5.41) is 8.84. The number of nitrogens with one attached hydrogen (secondary N) is 1. The number of unbranched alkanes of at least 4 members (excludes halogenated alkanes) is 10. The predicted molar refractivity (Wildman–Crippen MR) is 112 cm³/mol. The Kier molecular flexibility index (Phi) is 14.9. The fourth-order valence-electron chi connectivity index (χ4n) is 3.21. The Morgan fingerprint density at radius 3 is 1.81 bits per heavy atom. The summed E-state index contributed by atoms with van der Waals surface area (Å²) in [4.78, 5) is 10.8. The molecule has 0 rings (SSSR count). The number of carbonyl (C=O) groups is 1. The lowest BCUT2D eigenvalue weighted by Crippen LogP contribution is -2.45. The molecule has 2 N–H and O–H groups in total. The molecule has 162 valence electrons. The number of carboxylic acids is 1. The Morgan fingerprint density at radius 1 is 0.852 bits per heavy atom. The van der Waals surface area contributed by atoms with Gasteiger partial charge in [0, 0.05) is 13.0 Å². The molecule has 0 amide bonds. The van der Waals surface area contributed by atoms with Crippen molar-refractivity contribution in [2.45, 2.75) is 84.0 Å². The second-order valence-electron chi connectivity index (χ2n) is 8.31. The lowest BCUT2D eigenvalue weighted by atomic mass is 10.1. The van der Waals surface area contributed by atoms with Crippen LogP contribution in [0.25, 0.3) is 0 Å². The first-order valence-electron chi connectivity index (χ1n) is 10.7. The van der Waals surface area contributed by atoms with Crippen LogP contribution in [0.15, 0.2) is 0 Å². The summed E-state index contributed by atoms with van der Waals surface area (Å²) in [6, 6.07) is 0. The standard InChI is InChI=1S/C20H42N2O4S/c1-4-5-6-7-8-9-10-11-12-13-14-18-27(25,26)21-16-15-17-22(2,3)19-20(23)24/h21H,4-19H2,1-3H3/p+1. The third-order valence-corrected chi connectivity index (χ3v) is 6.31. The lowest BCUT2D eigenvalue weighted by molar-refractivity contribution is -0.883. The van der Waals surface area contributed by atoms with Crippen molar-refractivity contribution < 1.29 is 22.8 Å². The summed E-state index contributed by atoms with van der Waals surface area (Å²) in [5.74, 6) is -0.644. The highest BCUT2D eigenvalue weighted by Crippen LogP contribution is 2.11. The van der Waals surface area contributed by atoms with E-state index in [9.17, 15) is 13.2 Å². The van der Waals surface area contributed by atoms with Crippen molar-refractivity contribution in [3.8, 4) is 0 Å². The first-order chi connectivity index (χ1) is 12.7. The maximum Gasteiger partial charge on any atom is 0.359 e. The normalized spacial score (nSPS) is 12.4. The highest BCUT2D eigenvalue weighted by Gasteiger charge is 2.19. The third kappa shape index (κ3) is 18.5. The van der Waals surface area contributed by atoms with Gasteiger partial charge in [-0.05, 0) is 6.42 Å². The summed E-state index contributed by atoms with van der Waals surface area (Å²) in [6.45, 7) is 3.29. The highest BCUT2D eigenvalue weighted by atomic mass is 32.2. The molecule has 0 aliphatic carbocycles. The second kappa shape index (κ2) is 15.3. The predicted octanol–water partition coefficient (Wildman–Crippen LogP) is 3.77.